The molecule has 0 aromatic rings. The Kier molecular flexibility index (Phi) is 4.42. The van der Waals surface area contributed by atoms with Crippen LogP contribution in [0.4, 0.5) is 0 Å². The van der Waals surface area contributed by atoms with Crippen LogP contribution in [-0.4, -0.2) is 12.9 Å². The minimum absolute atomic E-state index is 1.10. The van der Waals surface area contributed by atoms with Crippen molar-refractivity contribution in [2.75, 3.05) is 0 Å². The minimum atomic E-state index is 1.10. The van der Waals surface area contributed by atoms with Crippen molar-refractivity contribution >= 4 is 12.9 Å². The van der Waals surface area contributed by atoms with E-state index in [-0.39, 0.29) is 0 Å². The van der Waals surface area contributed by atoms with Crippen molar-refractivity contribution in [2.24, 2.45) is 0 Å². The Balaban J connectivity index is 2.94. The third kappa shape index (κ3) is 3.67. The van der Waals surface area contributed by atoms with Crippen molar-refractivity contribution in [3.05, 3.63) is 12.7 Å². The van der Waals surface area contributed by atoms with E-state index in [1.807, 2.05) is 5.97 Å². The SMILES string of the molecule is C=C/C=B\CC. The van der Waals surface area contributed by atoms with Crippen molar-refractivity contribution in [3.63, 3.8) is 0 Å². The van der Waals surface area contributed by atoms with Crippen molar-refractivity contribution in [1.82, 2.24) is 0 Å². The van der Waals surface area contributed by atoms with Gasteiger partial charge in [0.05, 0.1) is 0 Å². The van der Waals surface area contributed by atoms with Crippen LogP contribution < -0.4 is 0 Å². The molecule has 0 saturated carbocycles. The van der Waals surface area contributed by atoms with Crippen molar-refractivity contribution in [3.8, 4) is 0 Å². The summed E-state index contributed by atoms with van der Waals surface area (Å²) in [5, 5.41) is 0. The summed E-state index contributed by atoms with van der Waals surface area (Å²) in [4.78, 5) is 0. The van der Waals surface area contributed by atoms with Gasteiger partial charge in [0.15, 0.2) is 0 Å². The standard InChI is InChI=1S/C5H9B/c1-3-5-6-4-2/h3,5H,1,4H2,2H3. The zero-order valence-electron chi connectivity index (χ0n) is 4.15. The Bertz CT molecular complexity index is 55.0. The van der Waals surface area contributed by atoms with Gasteiger partial charge in [-0.1, -0.05) is 0 Å². The quantitative estimate of drug-likeness (QED) is 0.436. The van der Waals surface area contributed by atoms with Gasteiger partial charge >= 0.3 is 38.8 Å². The zero-order valence-corrected chi connectivity index (χ0v) is 4.15. The summed E-state index contributed by atoms with van der Waals surface area (Å²) in [5.41, 5.74) is 0. The predicted octanol–water partition coefficient (Wildman–Crippen LogP) is 1.12. The average molecular weight is 79.9 g/mol. The second-order valence-corrected chi connectivity index (χ2v) is 1.07. The van der Waals surface area contributed by atoms with E-state index in [2.05, 4.69) is 20.4 Å². The van der Waals surface area contributed by atoms with Gasteiger partial charge in [0.1, 0.15) is 0 Å². The van der Waals surface area contributed by atoms with Gasteiger partial charge in [-0.05, 0) is 0 Å². The van der Waals surface area contributed by atoms with Gasteiger partial charge in [0.25, 0.3) is 0 Å². The molecular weight excluding hydrogens is 70.9 g/mol. The molecule has 0 unspecified atom stereocenters. The molecule has 0 radical (unpaired) electrons. The first-order valence-electron chi connectivity index (χ1n) is 2.19. The van der Waals surface area contributed by atoms with E-state index in [1.54, 1.807) is 6.08 Å². The van der Waals surface area contributed by atoms with Crippen molar-refractivity contribution in [1.29, 1.82) is 0 Å². The maximum atomic E-state index is 3.51. The van der Waals surface area contributed by atoms with E-state index in [0.29, 0.717) is 0 Å². The van der Waals surface area contributed by atoms with Gasteiger partial charge < -0.3 is 0 Å². The van der Waals surface area contributed by atoms with E-state index in [1.165, 1.54) is 0 Å². The van der Waals surface area contributed by atoms with Crippen LogP contribution in [0.1, 0.15) is 6.92 Å². The monoisotopic (exact) mass is 80.1 g/mol. The molecule has 1 heteroatoms. The first-order chi connectivity index (χ1) is 2.91. The van der Waals surface area contributed by atoms with Gasteiger partial charge in [0.2, 0.25) is 0 Å². The molecule has 0 nitrogen and oxygen atoms in total. The zero-order chi connectivity index (χ0) is 4.83. The van der Waals surface area contributed by atoms with Gasteiger partial charge in [-0.2, -0.15) is 0 Å². The summed E-state index contributed by atoms with van der Waals surface area (Å²) in [6.07, 6.45) is 2.88. The van der Waals surface area contributed by atoms with Gasteiger partial charge in [0, 0.05) is 0 Å². The van der Waals surface area contributed by atoms with E-state index in [9.17, 15) is 0 Å². The molecule has 0 spiro atoms. The third-order valence-corrected chi connectivity index (χ3v) is 0.508. The van der Waals surface area contributed by atoms with Crippen LogP contribution >= 0.6 is 0 Å². The average Bonchev–Trinajstić information content (AvgIpc) is 1.61. The fourth-order valence-electron chi connectivity index (χ4n) is 0.232. The maximum absolute atomic E-state index is 3.51. The molecule has 0 fully saturated rings. The number of hydrogen-bond donors (Lipinski definition) is 0. The van der Waals surface area contributed by atoms with Gasteiger partial charge in [-0.3, -0.25) is 0 Å². The van der Waals surface area contributed by atoms with Crippen LogP contribution in [0.15, 0.2) is 12.7 Å². The molecule has 0 amide bonds. The van der Waals surface area contributed by atoms with Crippen LogP contribution in [0.25, 0.3) is 0 Å². The molecule has 0 N–H and O–H groups in total. The molecule has 0 atom stereocenters. The molecule has 0 bridgehead atoms. The first-order valence-corrected chi connectivity index (χ1v) is 2.19. The molecule has 0 rings (SSSR count). The molecule has 32 valence electrons. The van der Waals surface area contributed by atoms with Crippen LogP contribution in [0, 0.1) is 0 Å². The molecule has 0 aromatic carbocycles. The number of rotatable bonds is 2. The fraction of sp³-hybridized carbons (Fsp3) is 0.400. The predicted molar refractivity (Wildman–Crippen MR) is 32.5 cm³/mol. The van der Waals surface area contributed by atoms with Gasteiger partial charge in [-0.25, -0.2) is 0 Å². The van der Waals surface area contributed by atoms with Crippen LogP contribution in [0.3, 0.4) is 0 Å². The Morgan fingerprint density at radius 1 is 1.83 bits per heavy atom. The molecule has 0 heterocycles. The second kappa shape index (κ2) is 4.67. The van der Waals surface area contributed by atoms with Crippen LogP contribution in [0.5, 0.6) is 0 Å². The molecule has 0 aliphatic heterocycles. The summed E-state index contributed by atoms with van der Waals surface area (Å²) in [6.45, 7) is 7.67. The van der Waals surface area contributed by atoms with Gasteiger partial charge in [-0.15, -0.1) is 0 Å². The van der Waals surface area contributed by atoms with E-state index >= 15 is 0 Å². The molecular formula is C5H9B. The van der Waals surface area contributed by atoms with Crippen LogP contribution in [-0.2, 0) is 0 Å². The number of hydrogen-bond acceptors (Lipinski definition) is 0. The molecule has 0 aliphatic carbocycles. The fourth-order valence-corrected chi connectivity index (χ4v) is 0.232. The Labute approximate surface area is 39.8 Å². The summed E-state index contributed by atoms with van der Waals surface area (Å²) >= 11 is 0. The van der Waals surface area contributed by atoms with Crippen molar-refractivity contribution in [2.45, 2.75) is 13.2 Å². The molecule has 0 aromatic heterocycles. The topological polar surface area (TPSA) is 0 Å². The summed E-state index contributed by atoms with van der Waals surface area (Å²) < 4.78 is 0. The summed E-state index contributed by atoms with van der Waals surface area (Å²) in [5.74, 6) is 1.94. The molecule has 0 aliphatic rings. The Morgan fingerprint density at radius 3 is 2.67 bits per heavy atom. The van der Waals surface area contributed by atoms with Crippen LogP contribution in [0.2, 0.25) is 6.32 Å². The van der Waals surface area contributed by atoms with Crippen molar-refractivity contribution < 1.29 is 0 Å². The van der Waals surface area contributed by atoms with E-state index < -0.39 is 0 Å². The Morgan fingerprint density at radius 2 is 2.50 bits per heavy atom. The molecule has 6 heavy (non-hydrogen) atoms. The number of allylic oxidation sites excluding steroid dienone is 1. The normalized spacial score (nSPS) is 8.17. The first kappa shape index (κ1) is 5.67. The summed E-state index contributed by atoms with van der Waals surface area (Å²) in [7, 11) is 0. The Hall–Kier alpha value is -0.325. The van der Waals surface area contributed by atoms with E-state index in [0.717, 1.165) is 6.32 Å². The second-order valence-electron chi connectivity index (χ2n) is 1.07. The van der Waals surface area contributed by atoms with E-state index in [4.69, 9.17) is 0 Å². The summed E-state index contributed by atoms with van der Waals surface area (Å²) in [6, 6.07) is 0. The third-order valence-electron chi connectivity index (χ3n) is 0.508. The molecule has 0 saturated heterocycles.